The molecule has 0 aliphatic heterocycles. The molecule has 4 heteroatoms. The van der Waals surface area contributed by atoms with E-state index < -0.39 is 0 Å². The van der Waals surface area contributed by atoms with Gasteiger partial charge in [-0.25, -0.2) is 0 Å². The molecular weight excluding hydrogens is 286 g/mol. The van der Waals surface area contributed by atoms with Gasteiger partial charge in [-0.2, -0.15) is 5.26 Å². The molecule has 0 aliphatic carbocycles. The minimum atomic E-state index is 0.144. The minimum absolute atomic E-state index is 0.144. The monoisotopic (exact) mass is 311 g/mol. The zero-order valence-corrected chi connectivity index (χ0v) is 14.6. The van der Waals surface area contributed by atoms with Crippen molar-refractivity contribution in [3.63, 3.8) is 0 Å². The van der Waals surface area contributed by atoms with Crippen LogP contribution in [0.4, 0.5) is 5.69 Å². The molecule has 2 aromatic rings. The standard InChI is InChI=1S/C19H25N3O/c1-6-14(5)22-16(11-20)10-17(21)19(22)23-18-9-15(12(2)3)8-7-13(18)4/h7-10,12,14H,6,21H2,1-5H3/t14-/m1/s1. The van der Waals surface area contributed by atoms with E-state index in [-0.39, 0.29) is 6.04 Å². The van der Waals surface area contributed by atoms with E-state index in [1.807, 2.05) is 11.5 Å². The van der Waals surface area contributed by atoms with Crippen LogP contribution in [-0.4, -0.2) is 4.57 Å². The Kier molecular flexibility index (Phi) is 5.00. The minimum Gasteiger partial charge on any atom is -0.438 e. The van der Waals surface area contributed by atoms with Crippen LogP contribution >= 0.6 is 0 Å². The van der Waals surface area contributed by atoms with E-state index in [1.165, 1.54) is 5.56 Å². The molecule has 0 unspecified atom stereocenters. The molecule has 0 saturated heterocycles. The van der Waals surface area contributed by atoms with Crippen LogP contribution in [0.2, 0.25) is 0 Å². The van der Waals surface area contributed by atoms with Gasteiger partial charge in [-0.05, 0) is 43.4 Å². The number of aromatic nitrogens is 1. The van der Waals surface area contributed by atoms with Crippen LogP contribution in [0.25, 0.3) is 0 Å². The van der Waals surface area contributed by atoms with Crippen molar-refractivity contribution < 1.29 is 4.74 Å². The number of ether oxygens (including phenoxy) is 1. The highest BCUT2D eigenvalue weighted by Gasteiger charge is 2.19. The van der Waals surface area contributed by atoms with Crippen LogP contribution in [0.15, 0.2) is 24.3 Å². The molecule has 122 valence electrons. The summed E-state index contributed by atoms with van der Waals surface area (Å²) in [6, 6.07) is 10.3. The molecule has 0 fully saturated rings. The van der Waals surface area contributed by atoms with Crippen molar-refractivity contribution in [3.8, 4) is 17.7 Å². The molecule has 4 nitrogen and oxygen atoms in total. The van der Waals surface area contributed by atoms with Gasteiger partial charge in [0.1, 0.15) is 17.5 Å². The van der Waals surface area contributed by atoms with Gasteiger partial charge in [0.05, 0.1) is 5.69 Å². The Balaban J connectivity index is 2.51. The van der Waals surface area contributed by atoms with Gasteiger partial charge >= 0.3 is 0 Å². The van der Waals surface area contributed by atoms with Crippen LogP contribution in [-0.2, 0) is 0 Å². The van der Waals surface area contributed by atoms with Crippen LogP contribution in [0.1, 0.15) is 62.9 Å². The Labute approximate surface area is 138 Å². The highest BCUT2D eigenvalue weighted by molar-refractivity contribution is 5.57. The largest absolute Gasteiger partial charge is 0.438 e. The van der Waals surface area contributed by atoms with E-state index in [0.29, 0.717) is 23.2 Å². The Morgan fingerprint density at radius 2 is 1.96 bits per heavy atom. The SMILES string of the molecule is CC[C@@H](C)n1c(C#N)cc(N)c1Oc1cc(C(C)C)ccc1C. The molecule has 2 N–H and O–H groups in total. The molecule has 1 aromatic heterocycles. The third-order valence-corrected chi connectivity index (χ3v) is 4.25. The Morgan fingerprint density at radius 1 is 1.26 bits per heavy atom. The number of benzene rings is 1. The third-order valence-electron chi connectivity index (χ3n) is 4.25. The van der Waals surface area contributed by atoms with E-state index in [0.717, 1.165) is 17.7 Å². The van der Waals surface area contributed by atoms with Gasteiger partial charge in [-0.15, -0.1) is 0 Å². The Bertz CT molecular complexity index is 738. The lowest BCUT2D eigenvalue weighted by Crippen LogP contribution is -2.08. The van der Waals surface area contributed by atoms with Crippen molar-refractivity contribution >= 4 is 5.69 Å². The van der Waals surface area contributed by atoms with E-state index in [1.54, 1.807) is 6.07 Å². The molecule has 1 aromatic carbocycles. The van der Waals surface area contributed by atoms with Gasteiger partial charge in [-0.3, -0.25) is 4.57 Å². The zero-order valence-electron chi connectivity index (χ0n) is 14.6. The first-order valence-electron chi connectivity index (χ1n) is 8.08. The van der Waals surface area contributed by atoms with Gasteiger partial charge in [0.25, 0.3) is 0 Å². The molecule has 0 spiro atoms. The van der Waals surface area contributed by atoms with Crippen molar-refractivity contribution in [3.05, 3.63) is 41.1 Å². The fourth-order valence-electron chi connectivity index (χ4n) is 2.53. The number of hydrogen-bond acceptors (Lipinski definition) is 3. The lowest BCUT2D eigenvalue weighted by atomic mass is 10.0. The molecule has 0 saturated carbocycles. The van der Waals surface area contributed by atoms with Crippen LogP contribution in [0, 0.1) is 18.3 Å². The predicted molar refractivity (Wildman–Crippen MR) is 93.9 cm³/mol. The van der Waals surface area contributed by atoms with Crippen molar-refractivity contribution in [1.29, 1.82) is 5.26 Å². The number of hydrogen-bond donors (Lipinski definition) is 1. The summed E-state index contributed by atoms with van der Waals surface area (Å²) in [6.07, 6.45) is 0.893. The average Bonchev–Trinajstić information content (AvgIpc) is 2.84. The quantitative estimate of drug-likeness (QED) is 0.831. The number of aryl methyl sites for hydroxylation is 1. The normalized spacial score (nSPS) is 12.2. The number of nitrogens with zero attached hydrogens (tertiary/aromatic N) is 2. The first-order chi connectivity index (χ1) is 10.9. The van der Waals surface area contributed by atoms with E-state index >= 15 is 0 Å². The lowest BCUT2D eigenvalue weighted by molar-refractivity contribution is 0.395. The summed E-state index contributed by atoms with van der Waals surface area (Å²) in [5.41, 5.74) is 9.40. The summed E-state index contributed by atoms with van der Waals surface area (Å²) in [5, 5.41) is 9.36. The molecule has 1 atom stereocenters. The molecule has 0 bridgehead atoms. The summed E-state index contributed by atoms with van der Waals surface area (Å²) >= 11 is 0. The molecule has 0 radical (unpaired) electrons. The van der Waals surface area contributed by atoms with Gasteiger partial charge in [0.2, 0.25) is 5.88 Å². The Morgan fingerprint density at radius 3 is 2.52 bits per heavy atom. The first kappa shape index (κ1) is 17.0. The highest BCUT2D eigenvalue weighted by Crippen LogP contribution is 2.36. The second kappa shape index (κ2) is 6.78. The highest BCUT2D eigenvalue weighted by atomic mass is 16.5. The lowest BCUT2D eigenvalue weighted by Gasteiger charge is -2.19. The first-order valence-corrected chi connectivity index (χ1v) is 8.08. The van der Waals surface area contributed by atoms with Crippen LogP contribution < -0.4 is 10.5 Å². The van der Waals surface area contributed by atoms with E-state index in [4.69, 9.17) is 10.5 Å². The molecule has 0 amide bonds. The zero-order chi connectivity index (χ0) is 17.1. The molecule has 0 aliphatic rings. The number of rotatable bonds is 5. The van der Waals surface area contributed by atoms with Crippen molar-refractivity contribution in [2.75, 3.05) is 5.73 Å². The predicted octanol–water partition coefficient (Wildman–Crippen LogP) is 5.14. The summed E-state index contributed by atoms with van der Waals surface area (Å²) in [4.78, 5) is 0. The van der Waals surface area contributed by atoms with Gasteiger partial charge in [-0.1, -0.05) is 32.9 Å². The Hall–Kier alpha value is -2.41. The third kappa shape index (κ3) is 3.34. The number of nitriles is 1. The smallest absolute Gasteiger partial charge is 0.224 e. The van der Waals surface area contributed by atoms with Crippen LogP contribution in [0.3, 0.4) is 0 Å². The number of nitrogens with two attached hydrogens (primary N) is 1. The second-order valence-electron chi connectivity index (χ2n) is 6.31. The number of anilines is 1. The maximum atomic E-state index is 9.36. The number of nitrogen functional groups attached to an aromatic ring is 1. The maximum absolute atomic E-state index is 9.36. The van der Waals surface area contributed by atoms with Gasteiger partial charge in [0.15, 0.2) is 0 Å². The maximum Gasteiger partial charge on any atom is 0.224 e. The van der Waals surface area contributed by atoms with Crippen molar-refractivity contribution in [2.45, 2.75) is 53.0 Å². The summed E-state index contributed by atoms with van der Waals surface area (Å²) < 4.78 is 8.04. The van der Waals surface area contributed by atoms with Crippen molar-refractivity contribution in [1.82, 2.24) is 4.57 Å². The molecule has 2 rings (SSSR count). The molecule has 23 heavy (non-hydrogen) atoms. The van der Waals surface area contributed by atoms with E-state index in [9.17, 15) is 5.26 Å². The fourth-order valence-corrected chi connectivity index (χ4v) is 2.53. The molecule has 1 heterocycles. The average molecular weight is 311 g/mol. The summed E-state index contributed by atoms with van der Waals surface area (Å²) in [6.45, 7) is 10.5. The van der Waals surface area contributed by atoms with Crippen molar-refractivity contribution in [2.24, 2.45) is 0 Å². The van der Waals surface area contributed by atoms with Gasteiger partial charge in [0, 0.05) is 12.1 Å². The van der Waals surface area contributed by atoms with Gasteiger partial charge < -0.3 is 10.5 Å². The summed E-state index contributed by atoms with van der Waals surface area (Å²) in [7, 11) is 0. The van der Waals surface area contributed by atoms with E-state index in [2.05, 4.69) is 52.0 Å². The van der Waals surface area contributed by atoms with Crippen LogP contribution in [0.5, 0.6) is 11.6 Å². The molecular formula is C19H25N3O. The summed E-state index contributed by atoms with van der Waals surface area (Å²) in [5.74, 6) is 1.77. The topological polar surface area (TPSA) is 64.0 Å². The fraction of sp³-hybridized carbons (Fsp3) is 0.421. The second-order valence-corrected chi connectivity index (χ2v) is 6.31.